The Hall–Kier alpha value is -1.14. The van der Waals surface area contributed by atoms with Crippen LogP contribution < -0.4 is 0 Å². The molecule has 1 heterocycles. The predicted molar refractivity (Wildman–Crippen MR) is 66.9 cm³/mol. The molecule has 1 atom stereocenters. The fourth-order valence-corrected chi connectivity index (χ4v) is 2.26. The zero-order valence-corrected chi connectivity index (χ0v) is 11.2. The molecule has 2 rings (SSSR count). The van der Waals surface area contributed by atoms with Crippen molar-refractivity contribution in [3.05, 3.63) is 34.1 Å². The first-order chi connectivity index (χ1) is 8.56. The van der Waals surface area contributed by atoms with Crippen LogP contribution in [0.25, 0.3) is 0 Å². The Bertz CT molecular complexity index is 455. The average Bonchev–Trinajstić information content (AvgIpc) is 2.79. The van der Waals surface area contributed by atoms with E-state index < -0.39 is 6.09 Å². The van der Waals surface area contributed by atoms with Gasteiger partial charge in [-0.15, -0.1) is 0 Å². The maximum Gasteiger partial charge on any atom is 0.407 e. The van der Waals surface area contributed by atoms with Gasteiger partial charge < -0.3 is 14.7 Å². The summed E-state index contributed by atoms with van der Waals surface area (Å²) in [5.41, 5.74) is 0.726. The summed E-state index contributed by atoms with van der Waals surface area (Å²) in [5.74, 6) is -0.310. The van der Waals surface area contributed by atoms with Gasteiger partial charge >= 0.3 is 6.09 Å². The van der Waals surface area contributed by atoms with Crippen molar-refractivity contribution in [2.75, 3.05) is 13.1 Å². The van der Waals surface area contributed by atoms with Crippen LogP contribution in [0.3, 0.4) is 0 Å². The molecule has 1 aliphatic rings. The molecule has 1 fully saturated rings. The van der Waals surface area contributed by atoms with Crippen LogP contribution in [0, 0.1) is 5.82 Å². The first-order valence-corrected chi connectivity index (χ1v) is 6.39. The second-order valence-electron chi connectivity index (χ2n) is 4.19. The molecule has 1 aliphatic heterocycles. The number of halogens is 2. The van der Waals surface area contributed by atoms with Gasteiger partial charge in [-0.2, -0.15) is 0 Å². The fourth-order valence-electron chi connectivity index (χ4n) is 1.90. The smallest absolute Gasteiger partial charge is 0.407 e. The van der Waals surface area contributed by atoms with E-state index in [4.69, 9.17) is 9.84 Å². The number of hydrogen-bond acceptors (Lipinski definition) is 2. The molecule has 1 saturated heterocycles. The zero-order valence-electron chi connectivity index (χ0n) is 9.60. The molecule has 0 aromatic heterocycles. The van der Waals surface area contributed by atoms with Crippen molar-refractivity contribution < 1.29 is 19.0 Å². The van der Waals surface area contributed by atoms with E-state index in [1.165, 1.54) is 17.0 Å². The number of ether oxygens (including phenoxy) is 1. The highest BCUT2D eigenvalue weighted by Gasteiger charge is 2.26. The van der Waals surface area contributed by atoms with Crippen LogP contribution in [0.2, 0.25) is 0 Å². The number of nitrogens with zero attached hydrogens (tertiary/aromatic N) is 1. The molecular weight excluding hydrogens is 305 g/mol. The average molecular weight is 318 g/mol. The van der Waals surface area contributed by atoms with Crippen molar-refractivity contribution in [2.45, 2.75) is 19.1 Å². The van der Waals surface area contributed by atoms with Crippen molar-refractivity contribution in [1.82, 2.24) is 4.90 Å². The van der Waals surface area contributed by atoms with Crippen LogP contribution in [0.1, 0.15) is 12.0 Å². The monoisotopic (exact) mass is 317 g/mol. The summed E-state index contributed by atoms with van der Waals surface area (Å²) in [6, 6.07) is 4.41. The Balaban J connectivity index is 1.89. The van der Waals surface area contributed by atoms with Crippen LogP contribution >= 0.6 is 15.9 Å². The Kier molecular flexibility index (Phi) is 4.19. The standard InChI is InChI=1S/C12H13BrFNO3/c13-11-2-1-9(14)5-8(11)7-18-10-3-4-15(6-10)12(16)17/h1-2,5,10H,3-4,6-7H2,(H,16,17)/t10-/m1/s1. The highest BCUT2D eigenvalue weighted by atomic mass is 79.9. The molecule has 0 unspecified atom stereocenters. The lowest BCUT2D eigenvalue weighted by molar-refractivity contribution is 0.0462. The van der Waals surface area contributed by atoms with Crippen LogP contribution in [0.5, 0.6) is 0 Å². The molecule has 0 spiro atoms. The molecule has 1 aromatic rings. The first-order valence-electron chi connectivity index (χ1n) is 5.59. The summed E-state index contributed by atoms with van der Waals surface area (Å²) in [6.07, 6.45) is -0.358. The van der Waals surface area contributed by atoms with Gasteiger partial charge in [-0.25, -0.2) is 9.18 Å². The number of rotatable bonds is 3. The third-order valence-electron chi connectivity index (χ3n) is 2.90. The molecule has 1 N–H and O–H groups in total. The number of carboxylic acid groups (broad SMARTS) is 1. The van der Waals surface area contributed by atoms with E-state index >= 15 is 0 Å². The van der Waals surface area contributed by atoms with Gasteiger partial charge in [0.1, 0.15) is 5.82 Å². The minimum atomic E-state index is -0.923. The van der Waals surface area contributed by atoms with Crippen molar-refractivity contribution in [3.63, 3.8) is 0 Å². The first kappa shape index (κ1) is 13.3. The Morgan fingerprint density at radius 1 is 1.61 bits per heavy atom. The molecule has 1 aromatic carbocycles. The van der Waals surface area contributed by atoms with E-state index in [-0.39, 0.29) is 18.5 Å². The van der Waals surface area contributed by atoms with Gasteiger partial charge in [0.15, 0.2) is 0 Å². The quantitative estimate of drug-likeness (QED) is 0.932. The van der Waals surface area contributed by atoms with Crippen molar-refractivity contribution in [2.24, 2.45) is 0 Å². The van der Waals surface area contributed by atoms with Gasteiger partial charge in [-0.1, -0.05) is 15.9 Å². The molecule has 0 aliphatic carbocycles. The van der Waals surface area contributed by atoms with Crippen molar-refractivity contribution >= 4 is 22.0 Å². The lowest BCUT2D eigenvalue weighted by Gasteiger charge is -2.13. The number of benzene rings is 1. The lowest BCUT2D eigenvalue weighted by atomic mass is 10.2. The van der Waals surface area contributed by atoms with Crippen LogP contribution in [0.15, 0.2) is 22.7 Å². The van der Waals surface area contributed by atoms with Gasteiger partial charge in [-0.3, -0.25) is 0 Å². The van der Waals surface area contributed by atoms with E-state index in [2.05, 4.69) is 15.9 Å². The van der Waals surface area contributed by atoms with E-state index in [1.54, 1.807) is 6.07 Å². The van der Waals surface area contributed by atoms with Gasteiger partial charge in [-0.05, 0) is 30.2 Å². The van der Waals surface area contributed by atoms with E-state index in [1.807, 2.05) is 0 Å². The maximum absolute atomic E-state index is 13.1. The molecule has 4 nitrogen and oxygen atoms in total. The van der Waals surface area contributed by atoms with E-state index in [0.717, 1.165) is 10.0 Å². The van der Waals surface area contributed by atoms with Gasteiger partial charge in [0.2, 0.25) is 0 Å². The SMILES string of the molecule is O=C(O)N1CC[C@@H](OCc2cc(F)ccc2Br)C1. The molecule has 0 radical (unpaired) electrons. The van der Waals surface area contributed by atoms with Gasteiger partial charge in [0.05, 0.1) is 19.3 Å². The predicted octanol–water partition coefficient (Wildman–Crippen LogP) is 2.86. The lowest BCUT2D eigenvalue weighted by Crippen LogP contribution is -2.28. The number of likely N-dealkylation sites (tertiary alicyclic amines) is 1. The minimum absolute atomic E-state index is 0.115. The summed E-state index contributed by atoms with van der Waals surface area (Å²) in [7, 11) is 0. The maximum atomic E-state index is 13.1. The molecule has 18 heavy (non-hydrogen) atoms. The van der Waals surface area contributed by atoms with Gasteiger partial charge in [0.25, 0.3) is 0 Å². The second-order valence-corrected chi connectivity index (χ2v) is 5.04. The number of amides is 1. The molecular formula is C12H13BrFNO3. The summed E-state index contributed by atoms with van der Waals surface area (Å²) in [6.45, 7) is 1.14. The molecule has 0 saturated carbocycles. The van der Waals surface area contributed by atoms with E-state index in [0.29, 0.717) is 19.5 Å². The fraction of sp³-hybridized carbons (Fsp3) is 0.417. The van der Waals surface area contributed by atoms with Crippen molar-refractivity contribution in [3.8, 4) is 0 Å². The van der Waals surface area contributed by atoms with Crippen LogP contribution in [-0.2, 0) is 11.3 Å². The highest BCUT2D eigenvalue weighted by Crippen LogP contribution is 2.21. The minimum Gasteiger partial charge on any atom is -0.465 e. The summed E-state index contributed by atoms with van der Waals surface area (Å²) < 4.78 is 19.4. The van der Waals surface area contributed by atoms with E-state index in [9.17, 15) is 9.18 Å². The molecule has 6 heteroatoms. The Morgan fingerprint density at radius 3 is 3.06 bits per heavy atom. The summed E-state index contributed by atoms with van der Waals surface area (Å²) in [5, 5.41) is 8.81. The summed E-state index contributed by atoms with van der Waals surface area (Å²) >= 11 is 3.32. The van der Waals surface area contributed by atoms with Gasteiger partial charge in [0, 0.05) is 11.0 Å². The van der Waals surface area contributed by atoms with Crippen LogP contribution in [0.4, 0.5) is 9.18 Å². The summed E-state index contributed by atoms with van der Waals surface area (Å²) in [4.78, 5) is 12.1. The third-order valence-corrected chi connectivity index (χ3v) is 3.67. The van der Waals surface area contributed by atoms with Crippen LogP contribution in [-0.4, -0.2) is 35.3 Å². The highest BCUT2D eigenvalue weighted by molar-refractivity contribution is 9.10. The molecule has 0 bridgehead atoms. The van der Waals surface area contributed by atoms with Crippen molar-refractivity contribution in [1.29, 1.82) is 0 Å². The molecule has 1 amide bonds. The zero-order chi connectivity index (χ0) is 13.1. The number of carbonyl (C=O) groups is 1. The third kappa shape index (κ3) is 3.20. The normalized spacial score (nSPS) is 19.2. The topological polar surface area (TPSA) is 49.8 Å². The second kappa shape index (κ2) is 5.67. The Labute approximate surface area is 112 Å². The largest absolute Gasteiger partial charge is 0.465 e. The number of hydrogen-bond donors (Lipinski definition) is 1. The Morgan fingerprint density at radius 2 is 2.39 bits per heavy atom. The molecule has 98 valence electrons.